The number of nitrogens with zero attached hydrogens (tertiary/aromatic N) is 2. The lowest BCUT2D eigenvalue weighted by Crippen LogP contribution is -2.38. The van der Waals surface area contributed by atoms with Gasteiger partial charge in [0.05, 0.1) is 24.6 Å². The van der Waals surface area contributed by atoms with Crippen LogP contribution in [0.2, 0.25) is 5.02 Å². The van der Waals surface area contributed by atoms with E-state index in [-0.39, 0.29) is 0 Å². The fourth-order valence-corrected chi connectivity index (χ4v) is 3.49. The maximum absolute atomic E-state index is 6.22. The molecular weight excluding hydrogens is 324 g/mol. The summed E-state index contributed by atoms with van der Waals surface area (Å²) in [5.41, 5.74) is 2.15. The van der Waals surface area contributed by atoms with Crippen molar-refractivity contribution in [2.75, 3.05) is 44.3 Å². The number of ether oxygens (including phenoxy) is 2. The average molecular weight is 345 g/mol. The van der Waals surface area contributed by atoms with Crippen LogP contribution >= 0.6 is 11.6 Å². The Morgan fingerprint density at radius 2 is 1.71 bits per heavy atom. The molecule has 4 rings (SSSR count). The van der Waals surface area contributed by atoms with Crippen LogP contribution in [-0.4, -0.2) is 44.3 Å². The number of hydrogen-bond acceptors (Lipinski definition) is 4. The molecule has 0 saturated carbocycles. The van der Waals surface area contributed by atoms with Crippen LogP contribution in [0.1, 0.15) is 6.42 Å². The summed E-state index contributed by atoms with van der Waals surface area (Å²) in [6, 6.07) is 14.0. The molecule has 126 valence electrons. The molecule has 1 fully saturated rings. The molecule has 2 aromatic carbocycles. The number of morpholine rings is 1. The van der Waals surface area contributed by atoms with Crippen LogP contribution in [0.4, 0.5) is 11.4 Å². The van der Waals surface area contributed by atoms with Gasteiger partial charge in [0.1, 0.15) is 0 Å². The summed E-state index contributed by atoms with van der Waals surface area (Å²) < 4.78 is 11.5. The Morgan fingerprint density at radius 1 is 0.917 bits per heavy atom. The molecule has 0 bridgehead atoms. The molecule has 2 aliphatic rings. The van der Waals surface area contributed by atoms with Crippen molar-refractivity contribution in [2.45, 2.75) is 6.42 Å². The van der Waals surface area contributed by atoms with Crippen LogP contribution in [0.15, 0.2) is 42.5 Å². The summed E-state index contributed by atoms with van der Waals surface area (Å²) in [7, 11) is 0. The summed E-state index contributed by atoms with van der Waals surface area (Å²) >= 11 is 6.22. The minimum Gasteiger partial charge on any atom is -0.453 e. The monoisotopic (exact) mass is 344 g/mol. The van der Waals surface area contributed by atoms with Crippen molar-refractivity contribution in [3.05, 3.63) is 47.5 Å². The quantitative estimate of drug-likeness (QED) is 0.825. The lowest BCUT2D eigenvalue weighted by Gasteiger charge is -2.34. The highest BCUT2D eigenvalue weighted by molar-refractivity contribution is 6.31. The second-order valence-corrected chi connectivity index (χ2v) is 6.58. The molecule has 2 aliphatic heterocycles. The number of rotatable bonds is 4. The zero-order valence-electron chi connectivity index (χ0n) is 13.6. The third-order valence-electron chi connectivity index (χ3n) is 4.55. The standard InChI is InChI=1S/C19H21ClN2O2/c20-15-6-7-19-17(14-15)22(16-4-1-2-5-18(16)24-19)9-3-8-21-10-12-23-13-11-21/h1-2,4-7,14H,3,8-13H2. The van der Waals surface area contributed by atoms with E-state index in [2.05, 4.69) is 15.9 Å². The third-order valence-corrected chi connectivity index (χ3v) is 4.78. The number of halogens is 1. The van der Waals surface area contributed by atoms with Gasteiger partial charge >= 0.3 is 0 Å². The molecule has 24 heavy (non-hydrogen) atoms. The molecule has 0 aliphatic carbocycles. The van der Waals surface area contributed by atoms with Crippen LogP contribution in [0.3, 0.4) is 0 Å². The van der Waals surface area contributed by atoms with E-state index in [9.17, 15) is 0 Å². The van der Waals surface area contributed by atoms with Crippen LogP contribution in [-0.2, 0) is 4.74 Å². The maximum atomic E-state index is 6.22. The first-order chi connectivity index (χ1) is 11.8. The third kappa shape index (κ3) is 3.22. The summed E-state index contributed by atoms with van der Waals surface area (Å²) in [5, 5.41) is 0.731. The van der Waals surface area contributed by atoms with E-state index in [1.54, 1.807) is 0 Å². The highest BCUT2D eigenvalue weighted by Gasteiger charge is 2.24. The lowest BCUT2D eigenvalue weighted by molar-refractivity contribution is 0.0377. The van der Waals surface area contributed by atoms with Gasteiger partial charge in [0.15, 0.2) is 11.5 Å². The average Bonchev–Trinajstić information content (AvgIpc) is 2.62. The van der Waals surface area contributed by atoms with Gasteiger partial charge in [0.2, 0.25) is 0 Å². The van der Waals surface area contributed by atoms with Crippen LogP contribution in [0.25, 0.3) is 0 Å². The summed E-state index contributed by atoms with van der Waals surface area (Å²) in [6.07, 6.45) is 1.08. The molecule has 0 N–H and O–H groups in total. The van der Waals surface area contributed by atoms with Crippen molar-refractivity contribution >= 4 is 23.0 Å². The van der Waals surface area contributed by atoms with Crippen LogP contribution in [0, 0.1) is 0 Å². The van der Waals surface area contributed by atoms with Crippen LogP contribution in [0.5, 0.6) is 11.5 Å². The molecule has 2 aromatic rings. The number of hydrogen-bond donors (Lipinski definition) is 0. The summed E-state index contributed by atoms with van der Waals surface area (Å²) in [5.74, 6) is 1.77. The van der Waals surface area contributed by atoms with E-state index >= 15 is 0 Å². The Labute approximate surface area is 147 Å². The topological polar surface area (TPSA) is 24.9 Å². The van der Waals surface area contributed by atoms with Gasteiger partial charge in [-0.25, -0.2) is 0 Å². The molecule has 0 atom stereocenters. The maximum Gasteiger partial charge on any atom is 0.151 e. The van der Waals surface area contributed by atoms with E-state index in [1.807, 2.05) is 36.4 Å². The first-order valence-electron chi connectivity index (χ1n) is 8.45. The largest absolute Gasteiger partial charge is 0.453 e. The van der Waals surface area contributed by atoms with Gasteiger partial charge in [0.25, 0.3) is 0 Å². The fraction of sp³-hybridized carbons (Fsp3) is 0.368. The molecule has 2 heterocycles. The van der Waals surface area contributed by atoms with Crippen molar-refractivity contribution in [3.8, 4) is 11.5 Å². The van der Waals surface area contributed by atoms with Gasteiger partial charge in [-0.1, -0.05) is 23.7 Å². The summed E-state index contributed by atoms with van der Waals surface area (Å²) in [4.78, 5) is 4.79. The van der Waals surface area contributed by atoms with Crippen molar-refractivity contribution < 1.29 is 9.47 Å². The molecular formula is C19H21ClN2O2. The molecule has 0 amide bonds. The van der Waals surface area contributed by atoms with Crippen molar-refractivity contribution in [1.29, 1.82) is 0 Å². The minimum absolute atomic E-state index is 0.731. The molecule has 0 aromatic heterocycles. The first kappa shape index (κ1) is 15.8. The van der Waals surface area contributed by atoms with Crippen LogP contribution < -0.4 is 9.64 Å². The smallest absolute Gasteiger partial charge is 0.151 e. The van der Waals surface area contributed by atoms with Gasteiger partial charge in [-0.2, -0.15) is 0 Å². The van der Waals surface area contributed by atoms with Gasteiger partial charge in [-0.05, 0) is 36.8 Å². The molecule has 0 unspecified atom stereocenters. The second-order valence-electron chi connectivity index (χ2n) is 6.14. The molecule has 1 saturated heterocycles. The van der Waals surface area contributed by atoms with E-state index < -0.39 is 0 Å². The predicted octanol–water partition coefficient (Wildman–Crippen LogP) is 4.31. The Balaban J connectivity index is 1.53. The molecule has 0 radical (unpaired) electrons. The zero-order valence-corrected chi connectivity index (χ0v) is 14.3. The normalized spacial score (nSPS) is 17.1. The van der Waals surface area contributed by atoms with Crippen molar-refractivity contribution in [2.24, 2.45) is 0 Å². The van der Waals surface area contributed by atoms with Gasteiger partial charge in [-0.15, -0.1) is 0 Å². The van der Waals surface area contributed by atoms with E-state index in [0.29, 0.717) is 0 Å². The predicted molar refractivity (Wildman–Crippen MR) is 96.9 cm³/mol. The fourth-order valence-electron chi connectivity index (χ4n) is 3.32. The highest BCUT2D eigenvalue weighted by Crippen LogP contribution is 2.47. The Morgan fingerprint density at radius 3 is 2.58 bits per heavy atom. The number of anilines is 2. The van der Waals surface area contributed by atoms with Gasteiger partial charge in [-0.3, -0.25) is 4.90 Å². The minimum atomic E-state index is 0.731. The SMILES string of the molecule is Clc1ccc2c(c1)N(CCCN1CCOCC1)c1ccccc1O2. The Hall–Kier alpha value is -1.75. The highest BCUT2D eigenvalue weighted by atomic mass is 35.5. The first-order valence-corrected chi connectivity index (χ1v) is 8.83. The Kier molecular flexibility index (Phi) is 4.60. The van der Waals surface area contributed by atoms with E-state index in [1.165, 1.54) is 0 Å². The van der Waals surface area contributed by atoms with Gasteiger partial charge < -0.3 is 14.4 Å². The summed E-state index contributed by atoms with van der Waals surface area (Å²) in [6.45, 7) is 5.77. The number of fused-ring (bicyclic) bond motifs is 2. The second kappa shape index (κ2) is 7.01. The van der Waals surface area contributed by atoms with Gasteiger partial charge in [0, 0.05) is 31.2 Å². The Bertz CT molecular complexity index is 716. The van der Waals surface area contributed by atoms with Crippen molar-refractivity contribution in [1.82, 2.24) is 4.90 Å². The van der Waals surface area contributed by atoms with E-state index in [0.717, 1.165) is 73.7 Å². The molecule has 5 heteroatoms. The lowest BCUT2D eigenvalue weighted by atomic mass is 10.1. The molecule has 4 nitrogen and oxygen atoms in total. The van der Waals surface area contributed by atoms with E-state index in [4.69, 9.17) is 21.1 Å². The van der Waals surface area contributed by atoms with Crippen molar-refractivity contribution in [3.63, 3.8) is 0 Å². The number of para-hydroxylation sites is 2. The molecule has 0 spiro atoms. The zero-order chi connectivity index (χ0) is 16.4. The number of benzene rings is 2.